The van der Waals surface area contributed by atoms with E-state index in [1.54, 1.807) is 0 Å². The minimum Gasteiger partial charge on any atom is -0.342 e. The summed E-state index contributed by atoms with van der Waals surface area (Å²) >= 11 is 1.45. The van der Waals surface area contributed by atoms with Gasteiger partial charge in [0.2, 0.25) is 5.91 Å². The maximum absolute atomic E-state index is 13.5. The van der Waals surface area contributed by atoms with Gasteiger partial charge in [-0.2, -0.15) is 0 Å². The van der Waals surface area contributed by atoms with Gasteiger partial charge in [0.25, 0.3) is 5.91 Å². The van der Waals surface area contributed by atoms with E-state index in [0.717, 1.165) is 31.2 Å². The van der Waals surface area contributed by atoms with Gasteiger partial charge >= 0.3 is 0 Å². The lowest BCUT2D eigenvalue weighted by molar-refractivity contribution is -0.135. The van der Waals surface area contributed by atoms with E-state index in [2.05, 4.69) is 20.4 Å². The van der Waals surface area contributed by atoms with E-state index in [4.69, 9.17) is 0 Å². The second-order valence-corrected chi connectivity index (χ2v) is 11.1. The van der Waals surface area contributed by atoms with Crippen LogP contribution < -0.4 is 5.32 Å². The fraction of sp³-hybridized carbons (Fsp3) is 0.630. The van der Waals surface area contributed by atoms with Crippen LogP contribution in [0.25, 0.3) is 0 Å². The molecule has 2 saturated carbocycles. The van der Waals surface area contributed by atoms with Gasteiger partial charge in [0.1, 0.15) is 0 Å². The molecule has 1 aromatic heterocycles. The number of thioether (sulfide) groups is 1. The lowest BCUT2D eigenvalue weighted by Gasteiger charge is -2.41. The minimum atomic E-state index is -0.299. The van der Waals surface area contributed by atoms with Crippen molar-refractivity contribution in [2.24, 2.45) is 7.05 Å². The molecule has 0 radical (unpaired) electrons. The molecule has 2 fully saturated rings. The van der Waals surface area contributed by atoms with Crippen molar-refractivity contribution in [3.05, 3.63) is 41.2 Å². The molecule has 8 heteroatoms. The molecule has 1 heterocycles. The van der Waals surface area contributed by atoms with Crippen LogP contribution in [0.1, 0.15) is 98.9 Å². The zero-order chi connectivity index (χ0) is 24.8. The Morgan fingerprint density at radius 1 is 1.00 bits per heavy atom. The number of hydrogen-bond donors (Lipinski definition) is 1. The number of benzene rings is 1. The second-order valence-electron chi connectivity index (χ2n) is 10.1. The highest BCUT2D eigenvalue weighted by atomic mass is 32.2. The number of nitrogens with one attached hydrogen (secondary N) is 1. The topological polar surface area (TPSA) is 80.1 Å². The van der Waals surface area contributed by atoms with Crippen LogP contribution >= 0.6 is 11.8 Å². The number of carbonyl (C=O) groups excluding carboxylic acids is 2. The summed E-state index contributed by atoms with van der Waals surface area (Å²) in [5.74, 6) is 1.15. The second kappa shape index (κ2) is 12.1. The van der Waals surface area contributed by atoms with Gasteiger partial charge in [-0.1, -0.05) is 68.0 Å². The van der Waals surface area contributed by atoms with Crippen molar-refractivity contribution in [2.75, 3.05) is 5.75 Å². The normalized spacial score (nSPS) is 18.3. The third kappa shape index (κ3) is 6.46. The van der Waals surface area contributed by atoms with Gasteiger partial charge in [-0.3, -0.25) is 9.59 Å². The van der Waals surface area contributed by atoms with Crippen molar-refractivity contribution in [3.8, 4) is 0 Å². The van der Waals surface area contributed by atoms with Crippen LogP contribution in [-0.4, -0.2) is 49.3 Å². The average molecular weight is 498 g/mol. The van der Waals surface area contributed by atoms with Crippen molar-refractivity contribution in [2.45, 2.75) is 101 Å². The summed E-state index contributed by atoms with van der Waals surface area (Å²) in [6.07, 6.45) is 12.0. The van der Waals surface area contributed by atoms with Crippen LogP contribution in [0.4, 0.5) is 0 Å². The van der Waals surface area contributed by atoms with Crippen LogP contribution in [0.5, 0.6) is 0 Å². The maximum Gasteiger partial charge on any atom is 0.251 e. The minimum absolute atomic E-state index is 0.138. The summed E-state index contributed by atoms with van der Waals surface area (Å²) in [4.78, 5) is 28.4. The lowest BCUT2D eigenvalue weighted by Crippen LogP contribution is -2.49. The molecule has 1 atom stereocenters. The monoisotopic (exact) mass is 497 g/mol. The third-order valence-electron chi connectivity index (χ3n) is 7.47. The van der Waals surface area contributed by atoms with E-state index in [-0.39, 0.29) is 17.9 Å². The lowest BCUT2D eigenvalue weighted by atomic mass is 9.88. The van der Waals surface area contributed by atoms with Crippen LogP contribution in [0.2, 0.25) is 0 Å². The fourth-order valence-electron chi connectivity index (χ4n) is 5.50. The first-order chi connectivity index (χ1) is 16.9. The largest absolute Gasteiger partial charge is 0.342 e. The van der Waals surface area contributed by atoms with Crippen molar-refractivity contribution >= 4 is 23.6 Å². The standard InChI is InChI=1S/C27H39N5O2S/c1-19-14-16-21(17-15-19)26(34)28-20(2)25-29-30-27(31(25)3)35-18-24(33)32(22-10-6-4-7-11-22)23-12-8-5-9-13-23/h14-17,20,22-23H,4-13,18H2,1-3H3,(H,28,34)/t20-/m1/s1. The fourth-order valence-corrected chi connectivity index (χ4v) is 6.29. The molecule has 35 heavy (non-hydrogen) atoms. The van der Waals surface area contributed by atoms with Gasteiger partial charge in [-0.05, 0) is 51.7 Å². The molecule has 0 unspecified atom stereocenters. The average Bonchev–Trinajstić information content (AvgIpc) is 3.25. The van der Waals surface area contributed by atoms with Crippen LogP contribution in [0.3, 0.4) is 0 Å². The van der Waals surface area contributed by atoms with Crippen LogP contribution in [0, 0.1) is 6.92 Å². The van der Waals surface area contributed by atoms with E-state index in [1.165, 1.54) is 50.3 Å². The molecule has 4 rings (SSSR count). The molecule has 0 spiro atoms. The summed E-state index contributed by atoms with van der Waals surface area (Å²) in [6.45, 7) is 3.90. The number of carbonyl (C=O) groups is 2. The van der Waals surface area contributed by atoms with Crippen molar-refractivity contribution in [1.82, 2.24) is 25.0 Å². The number of aromatic nitrogens is 3. The summed E-state index contributed by atoms with van der Waals surface area (Å²) in [6, 6.07) is 8.00. The first kappa shape index (κ1) is 25.7. The first-order valence-corrected chi connectivity index (χ1v) is 14.1. The predicted octanol–water partition coefficient (Wildman–Crippen LogP) is 5.20. The van der Waals surface area contributed by atoms with Crippen molar-refractivity contribution < 1.29 is 9.59 Å². The Morgan fingerprint density at radius 2 is 1.57 bits per heavy atom. The highest BCUT2D eigenvalue weighted by Crippen LogP contribution is 2.31. The van der Waals surface area contributed by atoms with Crippen molar-refractivity contribution in [3.63, 3.8) is 0 Å². The zero-order valence-corrected chi connectivity index (χ0v) is 22.1. The van der Waals surface area contributed by atoms with E-state index >= 15 is 0 Å². The molecule has 2 amide bonds. The Balaban J connectivity index is 1.38. The number of rotatable bonds is 8. The Bertz CT molecular complexity index is 976. The molecule has 2 aliphatic rings. The van der Waals surface area contributed by atoms with E-state index in [9.17, 15) is 9.59 Å². The van der Waals surface area contributed by atoms with E-state index in [1.807, 2.05) is 49.7 Å². The Labute approximate surface area is 213 Å². The van der Waals surface area contributed by atoms with Gasteiger partial charge < -0.3 is 14.8 Å². The van der Waals surface area contributed by atoms with Crippen LogP contribution in [-0.2, 0) is 11.8 Å². The van der Waals surface area contributed by atoms with E-state index < -0.39 is 0 Å². The van der Waals surface area contributed by atoms with Gasteiger partial charge in [-0.15, -0.1) is 10.2 Å². The van der Waals surface area contributed by atoms with E-state index in [0.29, 0.717) is 34.4 Å². The van der Waals surface area contributed by atoms with Crippen LogP contribution in [0.15, 0.2) is 29.4 Å². The first-order valence-electron chi connectivity index (χ1n) is 13.1. The molecular weight excluding hydrogens is 458 g/mol. The van der Waals surface area contributed by atoms with Gasteiger partial charge in [0, 0.05) is 24.7 Å². The highest BCUT2D eigenvalue weighted by Gasteiger charge is 2.32. The molecule has 2 aromatic rings. The quantitative estimate of drug-likeness (QED) is 0.507. The Kier molecular flexibility index (Phi) is 8.87. The Hall–Kier alpha value is -2.35. The van der Waals surface area contributed by atoms with Crippen molar-refractivity contribution in [1.29, 1.82) is 0 Å². The van der Waals surface area contributed by atoms with Gasteiger partial charge in [0.05, 0.1) is 11.8 Å². The molecule has 190 valence electrons. The zero-order valence-electron chi connectivity index (χ0n) is 21.3. The number of amides is 2. The molecule has 1 aromatic carbocycles. The molecule has 0 bridgehead atoms. The number of aryl methyl sites for hydroxylation is 1. The molecular formula is C27H39N5O2S. The number of nitrogens with zero attached hydrogens (tertiary/aromatic N) is 4. The summed E-state index contributed by atoms with van der Waals surface area (Å²) in [5.41, 5.74) is 1.74. The molecule has 0 aliphatic heterocycles. The molecule has 0 saturated heterocycles. The van der Waals surface area contributed by atoms with Gasteiger partial charge in [0.15, 0.2) is 11.0 Å². The SMILES string of the molecule is Cc1ccc(C(=O)N[C@H](C)c2nnc(SCC(=O)N(C3CCCCC3)C3CCCCC3)n2C)cc1. The maximum atomic E-state index is 13.5. The smallest absolute Gasteiger partial charge is 0.251 e. The molecule has 2 aliphatic carbocycles. The summed E-state index contributed by atoms with van der Waals surface area (Å²) < 4.78 is 1.89. The van der Waals surface area contributed by atoms with Gasteiger partial charge in [-0.25, -0.2) is 0 Å². The summed E-state index contributed by atoms with van der Waals surface area (Å²) in [7, 11) is 1.90. The number of hydrogen-bond acceptors (Lipinski definition) is 5. The third-order valence-corrected chi connectivity index (χ3v) is 8.47. The predicted molar refractivity (Wildman–Crippen MR) is 139 cm³/mol. The molecule has 1 N–H and O–H groups in total. The summed E-state index contributed by atoms with van der Waals surface area (Å²) in [5, 5.41) is 12.4. The highest BCUT2D eigenvalue weighted by molar-refractivity contribution is 7.99. The molecule has 7 nitrogen and oxygen atoms in total. The Morgan fingerprint density at radius 3 is 2.14 bits per heavy atom.